The van der Waals surface area contributed by atoms with Crippen LogP contribution in [0.2, 0.25) is 5.02 Å². The first-order valence-electron chi connectivity index (χ1n) is 8.95. The lowest BCUT2D eigenvalue weighted by Crippen LogP contribution is -2.43. The smallest absolute Gasteiger partial charge is 0.284 e. The molecular formula is C19H18ClF2N3O4. The molecule has 1 atom stereocenters. The molecule has 0 aliphatic carbocycles. The third kappa shape index (κ3) is 4.20. The molecule has 0 saturated carbocycles. The van der Waals surface area contributed by atoms with Crippen molar-refractivity contribution in [1.82, 2.24) is 15.5 Å². The van der Waals surface area contributed by atoms with Crippen LogP contribution in [-0.2, 0) is 22.7 Å². The van der Waals surface area contributed by atoms with Crippen LogP contribution in [0.3, 0.4) is 0 Å². The Hall–Kier alpha value is -2.65. The molecule has 154 valence electrons. The van der Waals surface area contributed by atoms with E-state index in [-0.39, 0.29) is 19.8 Å². The minimum Gasteiger partial charge on any atom is -0.484 e. The van der Waals surface area contributed by atoms with Crippen molar-refractivity contribution in [2.24, 2.45) is 0 Å². The molecule has 1 amide bonds. The van der Waals surface area contributed by atoms with Gasteiger partial charge < -0.3 is 24.3 Å². The number of carbonyl (C=O) groups excluding carboxylic acids is 1. The number of amides is 1. The van der Waals surface area contributed by atoms with Crippen LogP contribution in [0.25, 0.3) is 10.9 Å². The molecule has 1 fully saturated rings. The van der Waals surface area contributed by atoms with Crippen molar-refractivity contribution < 1.29 is 27.6 Å². The first-order chi connectivity index (χ1) is 13.8. The second-order valence-corrected chi connectivity index (χ2v) is 7.27. The van der Waals surface area contributed by atoms with Gasteiger partial charge in [-0.15, -0.1) is 0 Å². The SMILES string of the molecule is Cc1cc(COc2cc3[nH]c(CNC(=O)C4OCCC4(F)F)cc3cc2Cl)on1. The Kier molecular flexibility index (Phi) is 5.18. The number of benzene rings is 1. The minimum atomic E-state index is -3.15. The fourth-order valence-corrected chi connectivity index (χ4v) is 3.37. The van der Waals surface area contributed by atoms with Crippen molar-refractivity contribution in [2.75, 3.05) is 6.61 Å². The number of aromatic amines is 1. The molecule has 4 rings (SSSR count). The van der Waals surface area contributed by atoms with Crippen LogP contribution in [0.1, 0.15) is 23.6 Å². The van der Waals surface area contributed by atoms with E-state index in [1.165, 1.54) is 0 Å². The Morgan fingerprint density at radius 3 is 2.93 bits per heavy atom. The zero-order chi connectivity index (χ0) is 20.6. The Morgan fingerprint density at radius 2 is 2.24 bits per heavy atom. The van der Waals surface area contributed by atoms with Gasteiger partial charge in [-0.2, -0.15) is 0 Å². The minimum absolute atomic E-state index is 0.0502. The van der Waals surface area contributed by atoms with Gasteiger partial charge in [0.2, 0.25) is 0 Å². The number of aromatic nitrogens is 2. The van der Waals surface area contributed by atoms with Crippen LogP contribution in [0, 0.1) is 6.92 Å². The summed E-state index contributed by atoms with van der Waals surface area (Å²) in [5.41, 5.74) is 2.11. The molecule has 1 unspecified atom stereocenters. The Bertz CT molecular complexity index is 1050. The molecule has 2 aromatic heterocycles. The Labute approximate surface area is 169 Å². The standard InChI is InChI=1S/C19H18ClF2N3O4/c1-10-4-13(29-25-10)9-28-16-7-15-11(6-14(16)20)5-12(24-15)8-23-18(26)17-19(21,22)2-3-27-17/h4-7,17,24H,2-3,8-9H2,1H3,(H,23,26). The number of hydrogen-bond acceptors (Lipinski definition) is 5. The highest BCUT2D eigenvalue weighted by molar-refractivity contribution is 6.32. The number of halogens is 3. The normalized spacial score (nSPS) is 18.3. The first kappa shape index (κ1) is 19.7. The highest BCUT2D eigenvalue weighted by Gasteiger charge is 2.49. The van der Waals surface area contributed by atoms with Gasteiger partial charge in [-0.25, -0.2) is 8.78 Å². The lowest BCUT2D eigenvalue weighted by Gasteiger charge is -2.16. The zero-order valence-corrected chi connectivity index (χ0v) is 16.2. The van der Waals surface area contributed by atoms with Crippen molar-refractivity contribution in [1.29, 1.82) is 0 Å². The summed E-state index contributed by atoms with van der Waals surface area (Å²) in [6.07, 6.45) is -2.20. The van der Waals surface area contributed by atoms with Crippen LogP contribution < -0.4 is 10.1 Å². The lowest BCUT2D eigenvalue weighted by atomic mass is 10.1. The number of hydrogen-bond donors (Lipinski definition) is 2. The number of nitrogens with zero attached hydrogens (tertiary/aromatic N) is 1. The zero-order valence-electron chi connectivity index (χ0n) is 15.4. The topological polar surface area (TPSA) is 89.4 Å². The average Bonchev–Trinajstić information content (AvgIpc) is 3.35. The van der Waals surface area contributed by atoms with E-state index in [0.29, 0.717) is 22.2 Å². The van der Waals surface area contributed by atoms with Gasteiger partial charge in [-0.3, -0.25) is 4.79 Å². The van der Waals surface area contributed by atoms with Gasteiger partial charge >= 0.3 is 0 Å². The third-order valence-corrected chi connectivity index (χ3v) is 4.87. The van der Waals surface area contributed by atoms with Crippen molar-refractivity contribution in [3.63, 3.8) is 0 Å². The molecule has 2 N–H and O–H groups in total. The van der Waals surface area contributed by atoms with Crippen molar-refractivity contribution >= 4 is 28.4 Å². The predicted molar refractivity (Wildman–Crippen MR) is 100 cm³/mol. The summed E-state index contributed by atoms with van der Waals surface area (Å²) in [4.78, 5) is 15.1. The van der Waals surface area contributed by atoms with Crippen LogP contribution in [-0.4, -0.2) is 34.7 Å². The van der Waals surface area contributed by atoms with Crippen LogP contribution in [0.15, 0.2) is 28.8 Å². The summed E-state index contributed by atoms with van der Waals surface area (Å²) < 4.78 is 42.9. The van der Waals surface area contributed by atoms with Crippen molar-refractivity contribution in [3.8, 4) is 5.75 Å². The van der Waals surface area contributed by atoms with E-state index >= 15 is 0 Å². The molecule has 1 aromatic carbocycles. The van der Waals surface area contributed by atoms with Gasteiger partial charge in [0.05, 0.1) is 23.9 Å². The van der Waals surface area contributed by atoms with Crippen LogP contribution in [0.5, 0.6) is 5.75 Å². The van der Waals surface area contributed by atoms with Gasteiger partial charge in [0, 0.05) is 35.2 Å². The second kappa shape index (κ2) is 7.64. The van der Waals surface area contributed by atoms with E-state index in [2.05, 4.69) is 15.5 Å². The third-order valence-electron chi connectivity index (χ3n) is 4.57. The molecule has 3 heterocycles. The molecule has 1 aliphatic heterocycles. The molecular weight excluding hydrogens is 408 g/mol. The molecule has 29 heavy (non-hydrogen) atoms. The lowest BCUT2D eigenvalue weighted by molar-refractivity contribution is -0.144. The average molecular weight is 426 g/mol. The molecule has 0 bridgehead atoms. The van der Waals surface area contributed by atoms with E-state index in [9.17, 15) is 13.6 Å². The number of alkyl halides is 2. The molecule has 1 saturated heterocycles. The number of rotatable bonds is 6. The maximum atomic E-state index is 13.6. The number of fused-ring (bicyclic) bond motifs is 1. The second-order valence-electron chi connectivity index (χ2n) is 6.87. The maximum Gasteiger partial charge on any atom is 0.284 e. The van der Waals surface area contributed by atoms with Crippen molar-refractivity contribution in [3.05, 3.63) is 46.4 Å². The predicted octanol–water partition coefficient (Wildman–Crippen LogP) is 3.74. The number of H-pyrrole nitrogens is 1. The fraction of sp³-hybridized carbons (Fsp3) is 0.368. The van der Waals surface area contributed by atoms with Gasteiger partial charge in [0.15, 0.2) is 11.9 Å². The molecule has 0 spiro atoms. The Balaban J connectivity index is 1.43. The summed E-state index contributed by atoms with van der Waals surface area (Å²) >= 11 is 6.27. The van der Waals surface area contributed by atoms with Crippen molar-refractivity contribution in [2.45, 2.75) is 38.5 Å². The van der Waals surface area contributed by atoms with E-state index in [1.54, 1.807) is 24.3 Å². The van der Waals surface area contributed by atoms with Crippen LogP contribution in [0.4, 0.5) is 8.78 Å². The summed E-state index contributed by atoms with van der Waals surface area (Å²) in [6, 6.07) is 6.98. The van der Waals surface area contributed by atoms with E-state index in [0.717, 1.165) is 16.6 Å². The number of ether oxygens (including phenoxy) is 2. The first-order valence-corrected chi connectivity index (χ1v) is 9.33. The monoisotopic (exact) mass is 425 g/mol. The maximum absolute atomic E-state index is 13.6. The quantitative estimate of drug-likeness (QED) is 0.628. The number of carbonyl (C=O) groups is 1. The van der Waals surface area contributed by atoms with Gasteiger partial charge in [-0.05, 0) is 19.1 Å². The fourth-order valence-electron chi connectivity index (χ4n) is 3.14. The number of aryl methyl sites for hydroxylation is 1. The summed E-state index contributed by atoms with van der Waals surface area (Å²) in [6.45, 7) is 1.90. The molecule has 0 radical (unpaired) electrons. The summed E-state index contributed by atoms with van der Waals surface area (Å²) in [5.74, 6) is -2.97. The highest BCUT2D eigenvalue weighted by atomic mass is 35.5. The molecule has 10 heteroatoms. The summed E-state index contributed by atoms with van der Waals surface area (Å²) in [5, 5.41) is 7.47. The molecule has 3 aromatic rings. The number of nitrogens with one attached hydrogen (secondary N) is 2. The highest BCUT2D eigenvalue weighted by Crippen LogP contribution is 2.32. The van der Waals surface area contributed by atoms with E-state index in [4.69, 9.17) is 25.6 Å². The summed E-state index contributed by atoms with van der Waals surface area (Å²) in [7, 11) is 0. The van der Waals surface area contributed by atoms with Gasteiger partial charge in [0.25, 0.3) is 11.8 Å². The van der Waals surface area contributed by atoms with Gasteiger partial charge in [0.1, 0.15) is 12.4 Å². The molecule has 1 aliphatic rings. The van der Waals surface area contributed by atoms with Gasteiger partial charge in [-0.1, -0.05) is 16.8 Å². The van der Waals surface area contributed by atoms with E-state index < -0.39 is 24.4 Å². The Morgan fingerprint density at radius 1 is 1.41 bits per heavy atom. The van der Waals surface area contributed by atoms with E-state index in [1.807, 2.05) is 6.92 Å². The van der Waals surface area contributed by atoms with Crippen LogP contribution >= 0.6 is 11.6 Å². The largest absolute Gasteiger partial charge is 0.484 e. The molecule has 7 nitrogen and oxygen atoms in total.